The normalized spacial score (nSPS) is 10.3. The molecule has 0 atom stereocenters. The third kappa shape index (κ3) is 2.34. The van der Waals surface area contributed by atoms with Crippen LogP contribution in [0.3, 0.4) is 0 Å². The molecule has 5 heteroatoms. The molecule has 0 aliphatic rings. The van der Waals surface area contributed by atoms with Gasteiger partial charge in [0.2, 0.25) is 0 Å². The predicted molar refractivity (Wildman–Crippen MR) is 67.4 cm³/mol. The SMILES string of the molecule is CCOC(=O)c1ccc(-c2cc(=O)n(C)[nH]2)cc1. The number of benzene rings is 1. The van der Waals surface area contributed by atoms with E-state index in [0.717, 1.165) is 11.3 Å². The van der Waals surface area contributed by atoms with Gasteiger partial charge in [-0.05, 0) is 24.6 Å². The summed E-state index contributed by atoms with van der Waals surface area (Å²) in [7, 11) is 1.65. The monoisotopic (exact) mass is 246 g/mol. The highest BCUT2D eigenvalue weighted by atomic mass is 16.5. The van der Waals surface area contributed by atoms with Crippen molar-refractivity contribution in [1.29, 1.82) is 0 Å². The zero-order chi connectivity index (χ0) is 13.1. The maximum atomic E-state index is 11.5. The molecule has 0 aliphatic carbocycles. The first-order chi connectivity index (χ1) is 8.61. The molecule has 1 N–H and O–H groups in total. The molecule has 0 bridgehead atoms. The minimum absolute atomic E-state index is 0.0977. The number of aromatic amines is 1. The van der Waals surface area contributed by atoms with Gasteiger partial charge in [-0.1, -0.05) is 12.1 Å². The molecule has 1 aromatic carbocycles. The van der Waals surface area contributed by atoms with Crippen LogP contribution < -0.4 is 5.56 Å². The molecule has 2 aromatic rings. The number of rotatable bonds is 3. The van der Waals surface area contributed by atoms with Gasteiger partial charge in [0.1, 0.15) is 0 Å². The molecule has 0 saturated carbocycles. The number of nitrogens with one attached hydrogen (secondary N) is 1. The summed E-state index contributed by atoms with van der Waals surface area (Å²) in [5.41, 5.74) is 1.97. The van der Waals surface area contributed by atoms with E-state index in [4.69, 9.17) is 4.74 Å². The van der Waals surface area contributed by atoms with Gasteiger partial charge < -0.3 is 4.74 Å². The highest BCUT2D eigenvalue weighted by Crippen LogP contribution is 2.16. The summed E-state index contributed by atoms with van der Waals surface area (Å²) < 4.78 is 6.29. The zero-order valence-electron chi connectivity index (χ0n) is 10.3. The number of aromatic nitrogens is 2. The van der Waals surface area contributed by atoms with Gasteiger partial charge in [-0.25, -0.2) is 4.79 Å². The van der Waals surface area contributed by atoms with Gasteiger partial charge in [-0.2, -0.15) is 0 Å². The second-order valence-electron chi connectivity index (χ2n) is 3.86. The third-order valence-electron chi connectivity index (χ3n) is 2.59. The Morgan fingerprint density at radius 1 is 1.33 bits per heavy atom. The molecule has 0 spiro atoms. The third-order valence-corrected chi connectivity index (χ3v) is 2.59. The second-order valence-corrected chi connectivity index (χ2v) is 3.86. The van der Waals surface area contributed by atoms with Crippen LogP contribution in [0.25, 0.3) is 11.3 Å². The van der Waals surface area contributed by atoms with E-state index in [9.17, 15) is 9.59 Å². The van der Waals surface area contributed by atoms with Crippen LogP contribution in [0.1, 0.15) is 17.3 Å². The Balaban J connectivity index is 2.27. The van der Waals surface area contributed by atoms with Gasteiger partial charge in [0.05, 0.1) is 17.9 Å². The number of nitrogens with zero attached hydrogens (tertiary/aromatic N) is 1. The van der Waals surface area contributed by atoms with Gasteiger partial charge in [0.25, 0.3) is 5.56 Å². The van der Waals surface area contributed by atoms with Crippen LogP contribution in [0.5, 0.6) is 0 Å². The van der Waals surface area contributed by atoms with Crippen LogP contribution in [0.4, 0.5) is 0 Å². The molecule has 0 unspecified atom stereocenters. The van der Waals surface area contributed by atoms with Crippen molar-refractivity contribution in [2.75, 3.05) is 6.61 Å². The first kappa shape index (κ1) is 12.2. The Bertz CT molecular complexity index is 608. The lowest BCUT2D eigenvalue weighted by Crippen LogP contribution is -2.09. The highest BCUT2D eigenvalue weighted by molar-refractivity contribution is 5.89. The number of hydrogen-bond acceptors (Lipinski definition) is 3. The molecule has 5 nitrogen and oxygen atoms in total. The van der Waals surface area contributed by atoms with Crippen LogP contribution in [-0.2, 0) is 11.8 Å². The fourth-order valence-electron chi connectivity index (χ4n) is 1.64. The Kier molecular flexibility index (Phi) is 3.32. The lowest BCUT2D eigenvalue weighted by molar-refractivity contribution is 0.0526. The lowest BCUT2D eigenvalue weighted by Gasteiger charge is -2.02. The van der Waals surface area contributed by atoms with E-state index in [1.165, 1.54) is 10.7 Å². The van der Waals surface area contributed by atoms with Crippen molar-refractivity contribution in [2.45, 2.75) is 6.92 Å². The Labute approximate surface area is 104 Å². The molecule has 0 fully saturated rings. The summed E-state index contributed by atoms with van der Waals surface area (Å²) in [5.74, 6) is -0.342. The van der Waals surface area contributed by atoms with Crippen molar-refractivity contribution >= 4 is 5.97 Å². The zero-order valence-corrected chi connectivity index (χ0v) is 10.3. The van der Waals surface area contributed by atoms with Crippen LogP contribution in [-0.4, -0.2) is 22.4 Å². The number of aryl methyl sites for hydroxylation is 1. The number of H-pyrrole nitrogens is 1. The van der Waals surface area contributed by atoms with Crippen molar-refractivity contribution < 1.29 is 9.53 Å². The molecule has 2 rings (SSSR count). The van der Waals surface area contributed by atoms with E-state index < -0.39 is 0 Å². The van der Waals surface area contributed by atoms with Crippen molar-refractivity contribution in [1.82, 2.24) is 9.78 Å². The van der Waals surface area contributed by atoms with Gasteiger partial charge >= 0.3 is 5.97 Å². The Morgan fingerprint density at radius 2 is 2.00 bits per heavy atom. The van der Waals surface area contributed by atoms with Crippen LogP contribution >= 0.6 is 0 Å². The van der Waals surface area contributed by atoms with Crippen molar-refractivity contribution in [3.05, 3.63) is 46.2 Å². The Morgan fingerprint density at radius 3 is 2.50 bits per heavy atom. The van der Waals surface area contributed by atoms with Crippen molar-refractivity contribution in [2.24, 2.45) is 7.05 Å². The van der Waals surface area contributed by atoms with Crippen LogP contribution in [0, 0.1) is 0 Å². The van der Waals surface area contributed by atoms with E-state index in [0.29, 0.717) is 12.2 Å². The van der Waals surface area contributed by atoms with E-state index in [1.54, 1.807) is 38.2 Å². The van der Waals surface area contributed by atoms with E-state index in [2.05, 4.69) is 5.10 Å². The summed E-state index contributed by atoms with van der Waals surface area (Å²) in [6, 6.07) is 8.42. The van der Waals surface area contributed by atoms with Gasteiger partial charge in [0.15, 0.2) is 0 Å². The lowest BCUT2D eigenvalue weighted by atomic mass is 10.1. The largest absolute Gasteiger partial charge is 0.462 e. The second kappa shape index (κ2) is 4.91. The first-order valence-corrected chi connectivity index (χ1v) is 5.65. The van der Waals surface area contributed by atoms with E-state index >= 15 is 0 Å². The number of hydrogen-bond donors (Lipinski definition) is 1. The number of ether oxygens (including phenoxy) is 1. The topological polar surface area (TPSA) is 64.1 Å². The average Bonchev–Trinajstić information content (AvgIpc) is 2.70. The highest BCUT2D eigenvalue weighted by Gasteiger charge is 2.07. The molecule has 0 radical (unpaired) electrons. The molecule has 1 heterocycles. The fraction of sp³-hybridized carbons (Fsp3) is 0.231. The molecule has 0 aliphatic heterocycles. The quantitative estimate of drug-likeness (QED) is 0.836. The summed E-state index contributed by atoms with van der Waals surface area (Å²) in [5, 5.41) is 2.92. The first-order valence-electron chi connectivity index (χ1n) is 5.65. The van der Waals surface area contributed by atoms with Gasteiger partial charge in [-0.3, -0.25) is 14.6 Å². The molecular formula is C13H14N2O3. The van der Waals surface area contributed by atoms with Crippen molar-refractivity contribution in [3.8, 4) is 11.3 Å². The molecule has 0 saturated heterocycles. The molecule has 18 heavy (non-hydrogen) atoms. The standard InChI is InChI=1S/C13H14N2O3/c1-3-18-13(17)10-6-4-9(5-7-10)11-8-12(16)15(2)14-11/h4-8,14H,3H2,1-2H3. The van der Waals surface area contributed by atoms with Crippen molar-refractivity contribution in [3.63, 3.8) is 0 Å². The number of carbonyl (C=O) groups excluding carboxylic acids is 1. The smallest absolute Gasteiger partial charge is 0.338 e. The number of carbonyl (C=O) groups is 1. The molecule has 1 aromatic heterocycles. The molecular weight excluding hydrogens is 232 g/mol. The summed E-state index contributed by atoms with van der Waals surface area (Å²) in [6.45, 7) is 2.12. The number of esters is 1. The summed E-state index contributed by atoms with van der Waals surface area (Å²) in [6.07, 6.45) is 0. The van der Waals surface area contributed by atoms with Gasteiger partial charge in [0, 0.05) is 13.1 Å². The van der Waals surface area contributed by atoms with Crippen LogP contribution in [0.15, 0.2) is 35.1 Å². The summed E-state index contributed by atoms with van der Waals surface area (Å²) >= 11 is 0. The van der Waals surface area contributed by atoms with E-state index in [1.807, 2.05) is 0 Å². The van der Waals surface area contributed by atoms with Crippen LogP contribution in [0.2, 0.25) is 0 Å². The van der Waals surface area contributed by atoms with E-state index in [-0.39, 0.29) is 11.5 Å². The molecule has 94 valence electrons. The maximum absolute atomic E-state index is 11.5. The summed E-state index contributed by atoms with van der Waals surface area (Å²) in [4.78, 5) is 22.8. The Hall–Kier alpha value is -2.30. The maximum Gasteiger partial charge on any atom is 0.338 e. The predicted octanol–water partition coefficient (Wildman–Crippen LogP) is 1.56. The average molecular weight is 246 g/mol. The van der Waals surface area contributed by atoms with Gasteiger partial charge in [-0.15, -0.1) is 0 Å². The molecule has 0 amide bonds. The minimum atomic E-state index is -0.342. The fourth-order valence-corrected chi connectivity index (χ4v) is 1.64. The minimum Gasteiger partial charge on any atom is -0.462 e.